The fraction of sp³-hybridized carbons (Fsp3) is 0.286. The molecule has 0 radical (unpaired) electrons. The Balaban J connectivity index is 2.58. The van der Waals surface area contributed by atoms with Crippen LogP contribution in [0.3, 0.4) is 0 Å². The molecule has 1 aromatic heterocycles. The molecule has 0 amide bonds. The van der Waals surface area contributed by atoms with Gasteiger partial charge in [-0.3, -0.25) is 9.48 Å². The number of methoxy groups -OCH3 is 1. The first-order valence-corrected chi connectivity index (χ1v) is 5.73. The van der Waals surface area contributed by atoms with Gasteiger partial charge in [-0.25, -0.2) is 0 Å². The van der Waals surface area contributed by atoms with E-state index in [0.717, 1.165) is 16.7 Å². The van der Waals surface area contributed by atoms with Gasteiger partial charge in [0.15, 0.2) is 11.4 Å². The van der Waals surface area contributed by atoms with Crippen LogP contribution >= 0.6 is 0 Å². The lowest BCUT2D eigenvalue weighted by Crippen LogP contribution is -2.12. The summed E-state index contributed by atoms with van der Waals surface area (Å²) in [5.41, 5.74) is 3.13. The zero-order valence-electron chi connectivity index (χ0n) is 11.0. The number of rotatable bonds is 3. The molecule has 0 saturated carbocycles. The van der Waals surface area contributed by atoms with Crippen molar-refractivity contribution < 1.29 is 9.53 Å². The van der Waals surface area contributed by atoms with Crippen molar-refractivity contribution in [3.63, 3.8) is 0 Å². The Hall–Kier alpha value is -2.10. The van der Waals surface area contributed by atoms with Crippen molar-refractivity contribution in [2.75, 3.05) is 7.11 Å². The number of hydrogen-bond donors (Lipinski definition) is 0. The normalized spacial score (nSPS) is 10.4. The molecule has 1 heterocycles. The van der Waals surface area contributed by atoms with E-state index in [1.807, 2.05) is 32.0 Å². The molecular formula is C14H16N2O2. The van der Waals surface area contributed by atoms with Crippen molar-refractivity contribution in [3.8, 4) is 5.75 Å². The molecule has 0 fully saturated rings. The first-order chi connectivity index (χ1) is 8.56. The predicted molar refractivity (Wildman–Crippen MR) is 69.1 cm³/mol. The summed E-state index contributed by atoms with van der Waals surface area (Å²) < 4.78 is 6.73. The van der Waals surface area contributed by atoms with E-state index in [9.17, 15) is 4.79 Å². The van der Waals surface area contributed by atoms with Gasteiger partial charge in [0, 0.05) is 12.6 Å². The number of nitrogens with zero attached hydrogens (tertiary/aromatic N) is 2. The number of hydrogen-bond acceptors (Lipinski definition) is 3. The standard InChI is InChI=1S/C14H16N2O2/c1-9-6-5-7-10(2)12(9)14(17)13-11(18-4)8-15-16(13)3/h5-8H,1-4H3. The monoisotopic (exact) mass is 244 g/mol. The highest BCUT2D eigenvalue weighted by Gasteiger charge is 2.22. The summed E-state index contributed by atoms with van der Waals surface area (Å²) in [5, 5.41) is 4.06. The molecule has 0 aliphatic heterocycles. The Morgan fingerprint density at radius 2 is 1.89 bits per heavy atom. The van der Waals surface area contributed by atoms with Gasteiger partial charge in [0.1, 0.15) is 0 Å². The Morgan fingerprint density at radius 1 is 1.28 bits per heavy atom. The molecule has 0 spiro atoms. The van der Waals surface area contributed by atoms with E-state index >= 15 is 0 Å². The summed E-state index contributed by atoms with van der Waals surface area (Å²) in [6.45, 7) is 3.87. The lowest BCUT2D eigenvalue weighted by atomic mass is 9.97. The quantitative estimate of drug-likeness (QED) is 0.778. The van der Waals surface area contributed by atoms with Crippen LogP contribution in [-0.2, 0) is 7.05 Å². The second-order valence-electron chi connectivity index (χ2n) is 4.28. The molecule has 4 heteroatoms. The van der Waals surface area contributed by atoms with E-state index in [-0.39, 0.29) is 5.78 Å². The third-order valence-electron chi connectivity index (χ3n) is 3.05. The SMILES string of the molecule is COc1cnn(C)c1C(=O)c1c(C)cccc1C. The van der Waals surface area contributed by atoms with Crippen LogP contribution in [0, 0.1) is 13.8 Å². The van der Waals surface area contributed by atoms with Gasteiger partial charge in [0.05, 0.1) is 13.3 Å². The molecule has 0 aliphatic rings. The third kappa shape index (κ3) is 1.90. The molecule has 2 rings (SSSR count). The van der Waals surface area contributed by atoms with Crippen LogP contribution in [0.4, 0.5) is 0 Å². The summed E-state index contributed by atoms with van der Waals surface area (Å²) >= 11 is 0. The summed E-state index contributed by atoms with van der Waals surface area (Å²) in [6, 6.07) is 5.81. The van der Waals surface area contributed by atoms with Gasteiger partial charge in [0.2, 0.25) is 5.78 Å². The first kappa shape index (κ1) is 12.4. The van der Waals surface area contributed by atoms with Crippen molar-refractivity contribution in [1.82, 2.24) is 9.78 Å². The van der Waals surface area contributed by atoms with Gasteiger partial charge in [0.25, 0.3) is 0 Å². The topological polar surface area (TPSA) is 44.1 Å². The number of aryl methyl sites for hydroxylation is 3. The van der Waals surface area contributed by atoms with Crippen LogP contribution in [0.15, 0.2) is 24.4 Å². The number of aromatic nitrogens is 2. The molecule has 0 saturated heterocycles. The second kappa shape index (κ2) is 4.64. The number of carbonyl (C=O) groups excluding carboxylic acids is 1. The van der Waals surface area contributed by atoms with Crippen LogP contribution in [0.25, 0.3) is 0 Å². The molecule has 94 valence electrons. The number of benzene rings is 1. The van der Waals surface area contributed by atoms with Gasteiger partial charge in [-0.2, -0.15) is 5.10 Å². The van der Waals surface area contributed by atoms with E-state index in [1.165, 1.54) is 0 Å². The average Bonchev–Trinajstić information content (AvgIpc) is 2.70. The molecule has 1 aromatic carbocycles. The molecule has 0 bridgehead atoms. The highest BCUT2D eigenvalue weighted by molar-refractivity contribution is 6.11. The minimum Gasteiger partial charge on any atom is -0.493 e. The van der Waals surface area contributed by atoms with E-state index in [1.54, 1.807) is 25.0 Å². The Bertz CT molecular complexity index is 580. The molecule has 0 aliphatic carbocycles. The lowest BCUT2D eigenvalue weighted by molar-refractivity contribution is 0.102. The van der Waals surface area contributed by atoms with Crippen molar-refractivity contribution in [2.24, 2.45) is 7.05 Å². The molecule has 0 N–H and O–H groups in total. The summed E-state index contributed by atoms with van der Waals surface area (Å²) in [4.78, 5) is 12.6. The Morgan fingerprint density at radius 3 is 2.44 bits per heavy atom. The smallest absolute Gasteiger partial charge is 0.215 e. The maximum atomic E-state index is 12.6. The van der Waals surface area contributed by atoms with Gasteiger partial charge in [-0.1, -0.05) is 18.2 Å². The lowest BCUT2D eigenvalue weighted by Gasteiger charge is -2.09. The van der Waals surface area contributed by atoms with Crippen molar-refractivity contribution in [1.29, 1.82) is 0 Å². The zero-order valence-corrected chi connectivity index (χ0v) is 11.0. The van der Waals surface area contributed by atoms with Gasteiger partial charge in [-0.15, -0.1) is 0 Å². The number of ketones is 1. The Labute approximate surface area is 106 Å². The van der Waals surface area contributed by atoms with Crippen molar-refractivity contribution >= 4 is 5.78 Å². The van der Waals surface area contributed by atoms with Gasteiger partial charge < -0.3 is 4.74 Å². The molecule has 0 atom stereocenters. The second-order valence-corrected chi connectivity index (χ2v) is 4.28. The largest absolute Gasteiger partial charge is 0.493 e. The summed E-state index contributed by atoms with van der Waals surface area (Å²) in [5.74, 6) is 0.451. The number of carbonyl (C=O) groups is 1. The van der Waals surface area contributed by atoms with Crippen LogP contribution in [0.5, 0.6) is 5.75 Å². The highest BCUT2D eigenvalue weighted by atomic mass is 16.5. The van der Waals surface area contributed by atoms with Crippen molar-refractivity contribution in [2.45, 2.75) is 13.8 Å². The predicted octanol–water partition coefficient (Wildman–Crippen LogP) is 2.28. The van der Waals surface area contributed by atoms with E-state index in [4.69, 9.17) is 4.74 Å². The van der Waals surface area contributed by atoms with Crippen molar-refractivity contribution in [3.05, 3.63) is 46.8 Å². The number of ether oxygens (including phenoxy) is 1. The minimum absolute atomic E-state index is 0.0533. The molecule has 0 unspecified atom stereocenters. The zero-order chi connectivity index (χ0) is 13.3. The van der Waals surface area contributed by atoms with E-state index < -0.39 is 0 Å². The van der Waals surface area contributed by atoms with E-state index in [0.29, 0.717) is 11.4 Å². The highest BCUT2D eigenvalue weighted by Crippen LogP contribution is 2.24. The molecule has 18 heavy (non-hydrogen) atoms. The summed E-state index contributed by atoms with van der Waals surface area (Å²) in [6.07, 6.45) is 1.56. The minimum atomic E-state index is -0.0533. The summed E-state index contributed by atoms with van der Waals surface area (Å²) in [7, 11) is 3.28. The van der Waals surface area contributed by atoms with Crippen LogP contribution in [0.2, 0.25) is 0 Å². The maximum absolute atomic E-state index is 12.6. The molecule has 2 aromatic rings. The third-order valence-corrected chi connectivity index (χ3v) is 3.05. The average molecular weight is 244 g/mol. The van der Waals surface area contributed by atoms with Gasteiger partial charge in [-0.05, 0) is 25.0 Å². The fourth-order valence-electron chi connectivity index (χ4n) is 2.12. The van der Waals surface area contributed by atoms with Crippen LogP contribution in [-0.4, -0.2) is 22.7 Å². The Kier molecular flexibility index (Phi) is 3.19. The molecular weight excluding hydrogens is 228 g/mol. The molecule has 4 nitrogen and oxygen atoms in total. The van der Waals surface area contributed by atoms with E-state index in [2.05, 4.69) is 5.10 Å². The van der Waals surface area contributed by atoms with Crippen LogP contribution in [0.1, 0.15) is 27.2 Å². The van der Waals surface area contributed by atoms with Gasteiger partial charge >= 0.3 is 0 Å². The maximum Gasteiger partial charge on any atom is 0.215 e. The fourth-order valence-corrected chi connectivity index (χ4v) is 2.12. The van der Waals surface area contributed by atoms with Crippen LogP contribution < -0.4 is 4.74 Å². The first-order valence-electron chi connectivity index (χ1n) is 5.73.